The van der Waals surface area contributed by atoms with Gasteiger partial charge in [0.05, 0.1) is 13.1 Å². The van der Waals surface area contributed by atoms with Crippen molar-refractivity contribution in [3.05, 3.63) is 22.8 Å². The quantitative estimate of drug-likeness (QED) is 0.749. The highest BCUT2D eigenvalue weighted by Gasteiger charge is 2.26. The van der Waals surface area contributed by atoms with Crippen molar-refractivity contribution in [3.8, 4) is 0 Å². The molecule has 0 N–H and O–H groups in total. The second-order valence-electron chi connectivity index (χ2n) is 4.50. The van der Waals surface area contributed by atoms with Gasteiger partial charge in [-0.05, 0) is 28.1 Å². The summed E-state index contributed by atoms with van der Waals surface area (Å²) >= 11 is 3.35. The lowest BCUT2D eigenvalue weighted by Crippen LogP contribution is -2.53. The molecular weight excluding hydrogens is 326 g/mol. The third-order valence-corrected chi connectivity index (χ3v) is 3.72. The van der Waals surface area contributed by atoms with E-state index in [1.165, 1.54) is 0 Å². The normalized spacial score (nSPS) is 16.1. The molecule has 1 aliphatic rings. The van der Waals surface area contributed by atoms with Gasteiger partial charge in [-0.1, -0.05) is 0 Å². The predicted molar refractivity (Wildman–Crippen MR) is 78.5 cm³/mol. The van der Waals surface area contributed by atoms with Crippen molar-refractivity contribution < 1.29 is 14.3 Å². The Morgan fingerprint density at radius 1 is 1.35 bits per heavy atom. The summed E-state index contributed by atoms with van der Waals surface area (Å²) < 4.78 is 11.2. The molecule has 0 bridgehead atoms. The van der Waals surface area contributed by atoms with Gasteiger partial charge < -0.3 is 19.3 Å². The molecule has 0 atom stereocenters. The Kier molecular flexibility index (Phi) is 5.33. The van der Waals surface area contributed by atoms with Crippen molar-refractivity contribution >= 4 is 27.7 Å². The second-order valence-corrected chi connectivity index (χ2v) is 5.41. The highest BCUT2D eigenvalue weighted by molar-refractivity contribution is 9.10. The third-order valence-electron chi connectivity index (χ3n) is 3.25. The van der Waals surface area contributed by atoms with Gasteiger partial charge in [0, 0.05) is 38.0 Å². The van der Waals surface area contributed by atoms with Crippen LogP contribution in [-0.2, 0) is 14.3 Å². The summed E-state index contributed by atoms with van der Waals surface area (Å²) in [5, 5.41) is 0. The Morgan fingerprint density at radius 2 is 2.10 bits per heavy atom. The van der Waals surface area contributed by atoms with Crippen molar-refractivity contribution in [1.82, 2.24) is 9.88 Å². The zero-order valence-electron chi connectivity index (χ0n) is 11.6. The molecule has 20 heavy (non-hydrogen) atoms. The van der Waals surface area contributed by atoms with E-state index in [0.29, 0.717) is 19.6 Å². The van der Waals surface area contributed by atoms with Crippen molar-refractivity contribution in [2.45, 2.75) is 6.29 Å². The minimum absolute atomic E-state index is 0.0556. The molecule has 0 unspecified atom stereocenters. The Labute approximate surface area is 126 Å². The average molecular weight is 344 g/mol. The summed E-state index contributed by atoms with van der Waals surface area (Å²) in [5.74, 6) is 0.872. The summed E-state index contributed by atoms with van der Waals surface area (Å²) in [7, 11) is 3.14. The first-order valence-corrected chi connectivity index (χ1v) is 7.13. The maximum atomic E-state index is 12.1. The number of hydrogen-bond acceptors (Lipinski definition) is 5. The van der Waals surface area contributed by atoms with Crippen LogP contribution in [0, 0.1) is 0 Å². The number of rotatable bonds is 5. The molecule has 110 valence electrons. The van der Waals surface area contributed by atoms with Crippen LogP contribution in [0.4, 0.5) is 5.82 Å². The number of methoxy groups -OCH3 is 2. The molecule has 1 aliphatic heterocycles. The SMILES string of the molecule is COC(CN1CCN(c2ccc(Br)cn2)CC1=O)OC. The van der Waals surface area contributed by atoms with Gasteiger partial charge in [0.15, 0.2) is 6.29 Å². The molecule has 1 fully saturated rings. The van der Waals surface area contributed by atoms with E-state index in [-0.39, 0.29) is 12.2 Å². The first kappa shape index (κ1) is 15.2. The fourth-order valence-electron chi connectivity index (χ4n) is 2.08. The van der Waals surface area contributed by atoms with Crippen LogP contribution in [0.15, 0.2) is 22.8 Å². The highest BCUT2D eigenvalue weighted by atomic mass is 79.9. The van der Waals surface area contributed by atoms with Gasteiger partial charge in [0.1, 0.15) is 5.82 Å². The summed E-state index contributed by atoms with van der Waals surface area (Å²) in [6.45, 7) is 2.17. The summed E-state index contributed by atoms with van der Waals surface area (Å²) in [4.78, 5) is 20.2. The standard InChI is InChI=1S/C13H18BrN3O3/c1-19-13(20-2)9-17-6-5-16(8-12(17)18)11-4-3-10(14)7-15-11/h3-4,7,13H,5-6,8-9H2,1-2H3. The van der Waals surface area contributed by atoms with E-state index in [1.54, 1.807) is 25.3 Å². The number of ether oxygens (including phenoxy) is 2. The van der Waals surface area contributed by atoms with Gasteiger partial charge in [0.2, 0.25) is 5.91 Å². The molecule has 0 aromatic carbocycles. The Balaban J connectivity index is 1.95. The molecule has 1 saturated heterocycles. The first-order chi connectivity index (χ1) is 9.63. The third kappa shape index (κ3) is 3.68. The summed E-state index contributed by atoms with van der Waals surface area (Å²) in [6.07, 6.45) is 1.36. The molecule has 1 amide bonds. The highest BCUT2D eigenvalue weighted by Crippen LogP contribution is 2.17. The number of anilines is 1. The minimum Gasteiger partial charge on any atom is -0.354 e. The molecule has 0 radical (unpaired) electrons. The number of halogens is 1. The summed E-state index contributed by atoms with van der Waals surface area (Å²) in [6, 6.07) is 3.82. The van der Waals surface area contributed by atoms with Crippen molar-refractivity contribution in [2.75, 3.05) is 45.3 Å². The van der Waals surface area contributed by atoms with E-state index in [9.17, 15) is 4.79 Å². The predicted octanol–water partition coefficient (Wildman–Crippen LogP) is 1.11. The lowest BCUT2D eigenvalue weighted by Gasteiger charge is -2.36. The fraction of sp³-hybridized carbons (Fsp3) is 0.538. The average Bonchev–Trinajstić information content (AvgIpc) is 2.47. The van der Waals surface area contributed by atoms with Gasteiger partial charge in [0.25, 0.3) is 0 Å². The van der Waals surface area contributed by atoms with Crippen molar-refractivity contribution in [1.29, 1.82) is 0 Å². The van der Waals surface area contributed by atoms with Crippen LogP contribution in [0.5, 0.6) is 0 Å². The molecule has 6 nitrogen and oxygen atoms in total. The van der Waals surface area contributed by atoms with Gasteiger partial charge in [-0.3, -0.25) is 4.79 Å². The van der Waals surface area contributed by atoms with Crippen molar-refractivity contribution in [3.63, 3.8) is 0 Å². The number of amides is 1. The smallest absolute Gasteiger partial charge is 0.242 e. The maximum Gasteiger partial charge on any atom is 0.242 e. The Bertz CT molecular complexity index is 451. The van der Waals surface area contributed by atoms with E-state index in [4.69, 9.17) is 9.47 Å². The van der Waals surface area contributed by atoms with Crippen LogP contribution in [0.1, 0.15) is 0 Å². The fourth-order valence-corrected chi connectivity index (χ4v) is 2.31. The molecule has 1 aromatic heterocycles. The van der Waals surface area contributed by atoms with Gasteiger partial charge in [-0.25, -0.2) is 4.98 Å². The maximum absolute atomic E-state index is 12.1. The monoisotopic (exact) mass is 343 g/mol. The van der Waals surface area contributed by atoms with E-state index >= 15 is 0 Å². The lowest BCUT2D eigenvalue weighted by atomic mass is 10.3. The number of hydrogen-bond donors (Lipinski definition) is 0. The number of carbonyl (C=O) groups excluding carboxylic acids is 1. The van der Waals surface area contributed by atoms with Crippen LogP contribution in [0.2, 0.25) is 0 Å². The molecule has 2 heterocycles. The molecule has 0 spiro atoms. The Morgan fingerprint density at radius 3 is 2.65 bits per heavy atom. The number of pyridine rings is 1. The van der Waals surface area contributed by atoms with Crippen LogP contribution in [-0.4, -0.2) is 62.5 Å². The van der Waals surface area contributed by atoms with Gasteiger partial charge in [-0.15, -0.1) is 0 Å². The number of piperazine rings is 1. The molecular formula is C13H18BrN3O3. The largest absolute Gasteiger partial charge is 0.354 e. The van der Waals surface area contributed by atoms with E-state index in [1.807, 2.05) is 17.0 Å². The molecule has 1 aromatic rings. The molecule has 0 saturated carbocycles. The minimum atomic E-state index is -0.378. The van der Waals surface area contributed by atoms with Crippen LogP contribution >= 0.6 is 15.9 Å². The zero-order chi connectivity index (χ0) is 14.5. The topological polar surface area (TPSA) is 54.9 Å². The molecule has 0 aliphatic carbocycles. The van der Waals surface area contributed by atoms with E-state index in [2.05, 4.69) is 20.9 Å². The van der Waals surface area contributed by atoms with Crippen LogP contribution in [0.3, 0.4) is 0 Å². The van der Waals surface area contributed by atoms with Gasteiger partial charge in [-0.2, -0.15) is 0 Å². The van der Waals surface area contributed by atoms with Gasteiger partial charge >= 0.3 is 0 Å². The second kappa shape index (κ2) is 7.01. The van der Waals surface area contributed by atoms with E-state index in [0.717, 1.165) is 16.8 Å². The van der Waals surface area contributed by atoms with Crippen molar-refractivity contribution in [2.24, 2.45) is 0 Å². The molecule has 2 rings (SSSR count). The zero-order valence-corrected chi connectivity index (χ0v) is 13.2. The number of aromatic nitrogens is 1. The molecule has 7 heteroatoms. The Hall–Kier alpha value is -1.18. The van der Waals surface area contributed by atoms with Crippen LogP contribution in [0.25, 0.3) is 0 Å². The number of nitrogens with zero attached hydrogens (tertiary/aromatic N) is 3. The lowest BCUT2D eigenvalue weighted by molar-refractivity contribution is -0.145. The van der Waals surface area contributed by atoms with Crippen LogP contribution < -0.4 is 4.90 Å². The first-order valence-electron chi connectivity index (χ1n) is 6.34. The number of carbonyl (C=O) groups is 1. The summed E-state index contributed by atoms with van der Waals surface area (Å²) in [5.41, 5.74) is 0. The van der Waals surface area contributed by atoms with E-state index < -0.39 is 0 Å².